The fourth-order valence-corrected chi connectivity index (χ4v) is 1.21. The minimum absolute atomic E-state index is 0.265. The fraction of sp³-hybridized carbons (Fsp3) is 0.200. The number of nitrogens with one attached hydrogen (secondary N) is 1. The quantitative estimate of drug-likeness (QED) is 0.837. The van der Waals surface area contributed by atoms with Crippen molar-refractivity contribution < 1.29 is 4.39 Å². The summed E-state index contributed by atoms with van der Waals surface area (Å²) >= 11 is 11.0. The van der Waals surface area contributed by atoms with E-state index in [0.29, 0.717) is 17.3 Å². The molecule has 0 saturated heterocycles. The number of aryl methyl sites for hydroxylation is 1. The summed E-state index contributed by atoms with van der Waals surface area (Å²) in [4.78, 5) is 0. The summed E-state index contributed by atoms with van der Waals surface area (Å²) in [6.45, 7) is 2.22. The smallest absolute Gasteiger partial charge is 0.125 e. The first-order chi connectivity index (χ1) is 6.61. The van der Waals surface area contributed by atoms with Crippen LogP contribution >= 0.6 is 23.2 Å². The van der Waals surface area contributed by atoms with Crippen molar-refractivity contribution in [2.75, 3.05) is 11.9 Å². The Hall–Kier alpha value is -0.730. The van der Waals surface area contributed by atoms with Crippen molar-refractivity contribution in [3.63, 3.8) is 0 Å². The lowest BCUT2D eigenvalue weighted by molar-refractivity contribution is 0.627. The van der Waals surface area contributed by atoms with Gasteiger partial charge in [0.05, 0.1) is 6.54 Å². The maximum Gasteiger partial charge on any atom is 0.125 e. The average molecular weight is 234 g/mol. The van der Waals surface area contributed by atoms with Crippen LogP contribution < -0.4 is 5.32 Å². The molecular formula is C10H10Cl2FN. The van der Waals surface area contributed by atoms with Gasteiger partial charge in [-0.15, -0.1) is 0 Å². The van der Waals surface area contributed by atoms with Crippen LogP contribution in [0.25, 0.3) is 0 Å². The number of hydrogen-bond donors (Lipinski definition) is 1. The van der Waals surface area contributed by atoms with E-state index in [1.165, 1.54) is 17.7 Å². The van der Waals surface area contributed by atoms with E-state index in [1.807, 2.05) is 13.0 Å². The van der Waals surface area contributed by atoms with Crippen molar-refractivity contribution in [1.82, 2.24) is 0 Å². The largest absolute Gasteiger partial charge is 0.380 e. The van der Waals surface area contributed by atoms with Crippen molar-refractivity contribution in [3.8, 4) is 0 Å². The lowest BCUT2D eigenvalue weighted by atomic mass is 10.2. The topological polar surface area (TPSA) is 12.0 Å². The van der Waals surface area contributed by atoms with Gasteiger partial charge in [0.2, 0.25) is 0 Å². The van der Waals surface area contributed by atoms with E-state index in [0.717, 1.165) is 5.56 Å². The summed E-state index contributed by atoms with van der Waals surface area (Å²) in [6.07, 6.45) is 0. The van der Waals surface area contributed by atoms with E-state index in [2.05, 4.69) is 5.32 Å². The Balaban J connectivity index is 2.67. The zero-order chi connectivity index (χ0) is 10.6. The predicted molar refractivity (Wildman–Crippen MR) is 59.4 cm³/mol. The maximum atomic E-state index is 12.9. The van der Waals surface area contributed by atoms with Gasteiger partial charge >= 0.3 is 0 Å². The van der Waals surface area contributed by atoms with Gasteiger partial charge in [0.15, 0.2) is 0 Å². The molecule has 1 aromatic carbocycles. The molecule has 0 bridgehead atoms. The van der Waals surface area contributed by atoms with Crippen LogP contribution in [0.2, 0.25) is 0 Å². The molecule has 0 heterocycles. The van der Waals surface area contributed by atoms with Gasteiger partial charge < -0.3 is 5.32 Å². The lowest BCUT2D eigenvalue weighted by Gasteiger charge is -2.06. The maximum absolute atomic E-state index is 12.9. The highest BCUT2D eigenvalue weighted by Gasteiger charge is 1.98. The van der Waals surface area contributed by atoms with E-state index in [4.69, 9.17) is 23.2 Å². The van der Waals surface area contributed by atoms with Crippen LogP contribution in [0.4, 0.5) is 10.1 Å². The Morgan fingerprint density at radius 2 is 2.21 bits per heavy atom. The Labute approximate surface area is 92.5 Å². The Kier molecular flexibility index (Phi) is 4.23. The van der Waals surface area contributed by atoms with Crippen LogP contribution in [-0.4, -0.2) is 6.54 Å². The summed E-state index contributed by atoms with van der Waals surface area (Å²) in [5, 5.41) is 3.43. The Bertz CT molecular complexity index is 330. The van der Waals surface area contributed by atoms with E-state index in [1.54, 1.807) is 0 Å². The molecule has 14 heavy (non-hydrogen) atoms. The molecule has 0 aliphatic carbocycles. The zero-order valence-electron chi connectivity index (χ0n) is 7.65. The van der Waals surface area contributed by atoms with Crippen LogP contribution in [0.5, 0.6) is 0 Å². The molecule has 1 rings (SSSR count). The van der Waals surface area contributed by atoms with E-state index < -0.39 is 0 Å². The molecule has 0 amide bonds. The third-order valence-corrected chi connectivity index (χ3v) is 2.24. The molecule has 0 radical (unpaired) electrons. The monoisotopic (exact) mass is 233 g/mol. The van der Waals surface area contributed by atoms with Crippen LogP contribution in [0.15, 0.2) is 28.8 Å². The highest BCUT2D eigenvalue weighted by Crippen LogP contribution is 2.14. The second-order valence-corrected chi connectivity index (χ2v) is 3.63. The van der Waals surface area contributed by atoms with Crippen molar-refractivity contribution in [2.45, 2.75) is 6.92 Å². The molecule has 1 N–H and O–H groups in total. The summed E-state index contributed by atoms with van der Waals surface area (Å²) in [7, 11) is 0. The highest BCUT2D eigenvalue weighted by atomic mass is 35.5. The van der Waals surface area contributed by atoms with Crippen LogP contribution in [0, 0.1) is 12.7 Å². The SMILES string of the molecule is Cc1cc(F)cc(NCC(Cl)=CCl)c1. The molecule has 0 fully saturated rings. The molecule has 0 aromatic heterocycles. The second-order valence-electron chi connectivity index (χ2n) is 2.93. The zero-order valence-corrected chi connectivity index (χ0v) is 9.16. The van der Waals surface area contributed by atoms with Crippen LogP contribution in [-0.2, 0) is 0 Å². The summed E-state index contributed by atoms with van der Waals surface area (Å²) in [5.74, 6) is -0.265. The van der Waals surface area contributed by atoms with Crippen LogP contribution in [0.1, 0.15) is 5.56 Å². The molecule has 1 aromatic rings. The number of anilines is 1. The number of halogens is 3. The normalized spacial score (nSPS) is 11.6. The molecule has 0 aliphatic rings. The summed E-state index contributed by atoms with van der Waals surface area (Å²) < 4.78 is 12.9. The van der Waals surface area contributed by atoms with Gasteiger partial charge in [0.1, 0.15) is 5.82 Å². The van der Waals surface area contributed by atoms with Crippen molar-refractivity contribution >= 4 is 28.9 Å². The third-order valence-electron chi connectivity index (χ3n) is 1.62. The molecule has 0 aliphatic heterocycles. The van der Waals surface area contributed by atoms with E-state index in [-0.39, 0.29) is 5.82 Å². The Morgan fingerprint density at radius 3 is 2.79 bits per heavy atom. The fourth-order valence-electron chi connectivity index (χ4n) is 1.06. The van der Waals surface area contributed by atoms with E-state index in [9.17, 15) is 4.39 Å². The predicted octanol–water partition coefficient (Wildman–Crippen LogP) is 3.87. The van der Waals surface area contributed by atoms with Gasteiger partial charge in [-0.25, -0.2) is 4.39 Å². The van der Waals surface area contributed by atoms with Crippen molar-refractivity contribution in [1.29, 1.82) is 0 Å². The Morgan fingerprint density at radius 1 is 1.50 bits per heavy atom. The molecule has 0 unspecified atom stereocenters. The standard InChI is InChI=1S/C10H10Cl2FN/c1-7-2-9(13)4-10(3-7)14-6-8(12)5-11/h2-5,14H,6H2,1H3. The molecule has 4 heteroatoms. The molecule has 0 spiro atoms. The molecular weight excluding hydrogens is 224 g/mol. The van der Waals surface area contributed by atoms with Gasteiger partial charge in [0, 0.05) is 16.3 Å². The number of hydrogen-bond acceptors (Lipinski definition) is 1. The minimum Gasteiger partial charge on any atom is -0.380 e. The molecule has 0 atom stereocenters. The first-order valence-electron chi connectivity index (χ1n) is 4.07. The summed E-state index contributed by atoms with van der Waals surface area (Å²) in [6, 6.07) is 4.71. The first-order valence-corrected chi connectivity index (χ1v) is 4.89. The summed E-state index contributed by atoms with van der Waals surface area (Å²) in [5.41, 5.74) is 2.83. The molecule has 76 valence electrons. The van der Waals surface area contributed by atoms with Gasteiger partial charge in [0.25, 0.3) is 0 Å². The van der Waals surface area contributed by atoms with Gasteiger partial charge in [-0.2, -0.15) is 0 Å². The second kappa shape index (κ2) is 5.23. The highest BCUT2D eigenvalue weighted by molar-refractivity contribution is 6.36. The van der Waals surface area contributed by atoms with E-state index >= 15 is 0 Å². The van der Waals surface area contributed by atoms with Crippen LogP contribution in [0.3, 0.4) is 0 Å². The van der Waals surface area contributed by atoms with Gasteiger partial charge in [-0.05, 0) is 30.7 Å². The number of rotatable bonds is 3. The average Bonchev–Trinajstić information content (AvgIpc) is 2.12. The molecule has 1 nitrogen and oxygen atoms in total. The molecule has 0 saturated carbocycles. The first kappa shape index (κ1) is 11.3. The van der Waals surface area contributed by atoms with Gasteiger partial charge in [-0.1, -0.05) is 23.2 Å². The minimum atomic E-state index is -0.265. The van der Waals surface area contributed by atoms with Crippen molar-refractivity contribution in [3.05, 3.63) is 40.1 Å². The van der Waals surface area contributed by atoms with Gasteiger partial charge in [-0.3, -0.25) is 0 Å². The number of benzene rings is 1. The lowest BCUT2D eigenvalue weighted by Crippen LogP contribution is -2.01. The third kappa shape index (κ3) is 3.56. The van der Waals surface area contributed by atoms with Crippen molar-refractivity contribution in [2.24, 2.45) is 0 Å².